The lowest BCUT2D eigenvalue weighted by atomic mass is 9.89. The van der Waals surface area contributed by atoms with Crippen LogP contribution in [0.3, 0.4) is 0 Å². The van der Waals surface area contributed by atoms with Gasteiger partial charge in [0.1, 0.15) is 0 Å². The summed E-state index contributed by atoms with van der Waals surface area (Å²) in [7, 11) is 0. The van der Waals surface area contributed by atoms with Crippen molar-refractivity contribution < 1.29 is 0 Å². The molecule has 0 aliphatic heterocycles. The Hall–Kier alpha value is -1.03. The van der Waals surface area contributed by atoms with Crippen molar-refractivity contribution in [2.75, 3.05) is 11.9 Å². The highest BCUT2D eigenvalue weighted by molar-refractivity contribution is 6.20. The van der Waals surface area contributed by atoms with Gasteiger partial charge in [0.15, 0.2) is 5.82 Å². The summed E-state index contributed by atoms with van der Waals surface area (Å²) in [5.41, 5.74) is -0.0361. The van der Waals surface area contributed by atoms with Crippen molar-refractivity contribution in [2.45, 2.75) is 44.5 Å². The standard InChI is InChI=1S/C13H20ClN3O/c1-2-17-8-7-15-12(13(17)18)16-9-10-3-5-11(14)6-4-10/h7-8,10-11H,2-6,9H2,1H3,(H,15,16). The van der Waals surface area contributed by atoms with Gasteiger partial charge >= 0.3 is 0 Å². The number of nitrogens with one attached hydrogen (secondary N) is 1. The zero-order chi connectivity index (χ0) is 13.0. The van der Waals surface area contributed by atoms with Gasteiger partial charge in [-0.2, -0.15) is 0 Å². The minimum absolute atomic E-state index is 0.0361. The molecule has 0 bridgehead atoms. The molecule has 2 rings (SSSR count). The van der Waals surface area contributed by atoms with Gasteiger partial charge in [0, 0.05) is 30.9 Å². The lowest BCUT2D eigenvalue weighted by Gasteiger charge is -2.25. The largest absolute Gasteiger partial charge is 0.365 e. The van der Waals surface area contributed by atoms with Crippen LogP contribution in [0.2, 0.25) is 0 Å². The van der Waals surface area contributed by atoms with Crippen LogP contribution in [0.1, 0.15) is 32.6 Å². The first-order valence-corrected chi connectivity index (χ1v) is 7.07. The third-order valence-electron chi connectivity index (χ3n) is 3.59. The molecule has 1 saturated carbocycles. The van der Waals surface area contributed by atoms with Crippen molar-refractivity contribution >= 4 is 17.4 Å². The lowest BCUT2D eigenvalue weighted by molar-refractivity contribution is 0.377. The maximum atomic E-state index is 11.9. The molecular formula is C13H20ClN3O. The van der Waals surface area contributed by atoms with Gasteiger partial charge in [-0.15, -0.1) is 11.6 Å². The van der Waals surface area contributed by atoms with Gasteiger partial charge in [-0.3, -0.25) is 4.79 Å². The van der Waals surface area contributed by atoms with Crippen molar-refractivity contribution in [1.29, 1.82) is 0 Å². The summed E-state index contributed by atoms with van der Waals surface area (Å²) in [6, 6.07) is 0. The highest BCUT2D eigenvalue weighted by Crippen LogP contribution is 2.27. The topological polar surface area (TPSA) is 46.9 Å². The maximum absolute atomic E-state index is 11.9. The molecule has 1 aromatic heterocycles. The third kappa shape index (κ3) is 3.25. The van der Waals surface area contributed by atoms with Crippen LogP contribution in [0.25, 0.3) is 0 Å². The van der Waals surface area contributed by atoms with Gasteiger partial charge in [-0.25, -0.2) is 4.98 Å². The summed E-state index contributed by atoms with van der Waals surface area (Å²) in [5, 5.41) is 3.53. The number of alkyl halides is 1. The molecule has 1 N–H and O–H groups in total. The summed E-state index contributed by atoms with van der Waals surface area (Å²) in [5.74, 6) is 1.07. The fourth-order valence-corrected chi connectivity index (χ4v) is 2.64. The van der Waals surface area contributed by atoms with Crippen LogP contribution < -0.4 is 10.9 Å². The quantitative estimate of drug-likeness (QED) is 0.855. The normalized spacial score (nSPS) is 23.9. The van der Waals surface area contributed by atoms with Gasteiger partial charge in [-0.1, -0.05) is 0 Å². The molecule has 1 aliphatic carbocycles. The molecule has 1 heterocycles. The van der Waals surface area contributed by atoms with Crippen LogP contribution in [0.15, 0.2) is 17.2 Å². The average molecular weight is 270 g/mol. The number of anilines is 1. The molecule has 0 unspecified atom stereocenters. The first-order valence-electron chi connectivity index (χ1n) is 6.64. The monoisotopic (exact) mass is 269 g/mol. The molecule has 1 aromatic rings. The first kappa shape index (κ1) is 13.4. The Morgan fingerprint density at radius 3 is 2.83 bits per heavy atom. The molecular weight excluding hydrogens is 250 g/mol. The molecule has 1 aliphatic rings. The zero-order valence-electron chi connectivity index (χ0n) is 10.7. The van der Waals surface area contributed by atoms with Gasteiger partial charge in [0.05, 0.1) is 0 Å². The second-order valence-electron chi connectivity index (χ2n) is 4.87. The van der Waals surface area contributed by atoms with E-state index < -0.39 is 0 Å². The number of nitrogens with zero attached hydrogens (tertiary/aromatic N) is 2. The molecule has 5 heteroatoms. The van der Waals surface area contributed by atoms with E-state index in [1.165, 1.54) is 0 Å². The fraction of sp³-hybridized carbons (Fsp3) is 0.692. The molecule has 18 heavy (non-hydrogen) atoms. The van der Waals surface area contributed by atoms with E-state index in [9.17, 15) is 4.79 Å². The lowest BCUT2D eigenvalue weighted by Crippen LogP contribution is -2.27. The number of aryl methyl sites for hydroxylation is 1. The fourth-order valence-electron chi connectivity index (χ4n) is 2.38. The molecule has 1 fully saturated rings. The predicted octanol–water partition coefficient (Wildman–Crippen LogP) is 2.47. The van der Waals surface area contributed by atoms with E-state index in [4.69, 9.17) is 11.6 Å². The van der Waals surface area contributed by atoms with Crippen molar-refractivity contribution in [1.82, 2.24) is 9.55 Å². The Morgan fingerprint density at radius 2 is 2.17 bits per heavy atom. The summed E-state index contributed by atoms with van der Waals surface area (Å²) in [4.78, 5) is 16.1. The SMILES string of the molecule is CCn1ccnc(NCC2CCC(Cl)CC2)c1=O. The third-order valence-corrected chi connectivity index (χ3v) is 4.03. The van der Waals surface area contributed by atoms with Crippen molar-refractivity contribution in [2.24, 2.45) is 5.92 Å². The average Bonchev–Trinajstić information content (AvgIpc) is 2.39. The highest BCUT2D eigenvalue weighted by atomic mass is 35.5. The van der Waals surface area contributed by atoms with Crippen LogP contribution >= 0.6 is 11.6 Å². The van der Waals surface area contributed by atoms with Gasteiger partial charge in [0.2, 0.25) is 0 Å². The van der Waals surface area contributed by atoms with E-state index in [2.05, 4.69) is 10.3 Å². The van der Waals surface area contributed by atoms with Crippen LogP contribution in [0.4, 0.5) is 5.82 Å². The molecule has 0 radical (unpaired) electrons. The summed E-state index contributed by atoms with van der Waals surface area (Å²) < 4.78 is 1.66. The molecule has 0 spiro atoms. The molecule has 0 amide bonds. The van der Waals surface area contributed by atoms with Crippen LogP contribution in [0, 0.1) is 5.92 Å². The van der Waals surface area contributed by atoms with Crippen LogP contribution in [0.5, 0.6) is 0 Å². The second-order valence-corrected chi connectivity index (χ2v) is 5.48. The van der Waals surface area contributed by atoms with Crippen LogP contribution in [-0.2, 0) is 6.54 Å². The van der Waals surface area contributed by atoms with Crippen molar-refractivity contribution in [3.05, 3.63) is 22.7 Å². The van der Waals surface area contributed by atoms with E-state index in [-0.39, 0.29) is 5.56 Å². The van der Waals surface area contributed by atoms with Gasteiger partial charge in [0.25, 0.3) is 5.56 Å². The molecule has 0 saturated heterocycles. The molecule has 4 nitrogen and oxygen atoms in total. The summed E-state index contributed by atoms with van der Waals surface area (Å²) in [6.07, 6.45) is 7.81. The Balaban J connectivity index is 1.92. The van der Waals surface area contributed by atoms with E-state index in [0.717, 1.165) is 32.2 Å². The Labute approximate surface area is 112 Å². The number of rotatable bonds is 4. The van der Waals surface area contributed by atoms with E-state index in [1.807, 2.05) is 6.92 Å². The summed E-state index contributed by atoms with van der Waals surface area (Å²) >= 11 is 6.08. The van der Waals surface area contributed by atoms with E-state index in [1.54, 1.807) is 17.0 Å². The predicted molar refractivity (Wildman–Crippen MR) is 74.3 cm³/mol. The van der Waals surface area contributed by atoms with E-state index in [0.29, 0.717) is 23.7 Å². The minimum Gasteiger partial charge on any atom is -0.365 e. The number of aromatic nitrogens is 2. The highest BCUT2D eigenvalue weighted by Gasteiger charge is 2.19. The smallest absolute Gasteiger partial charge is 0.293 e. The Morgan fingerprint density at radius 1 is 1.44 bits per heavy atom. The molecule has 0 atom stereocenters. The van der Waals surface area contributed by atoms with E-state index >= 15 is 0 Å². The Bertz CT molecular complexity index is 438. The second kappa shape index (κ2) is 6.23. The van der Waals surface area contributed by atoms with Crippen molar-refractivity contribution in [3.63, 3.8) is 0 Å². The first-order chi connectivity index (χ1) is 8.70. The molecule has 0 aromatic carbocycles. The number of hydrogen-bond acceptors (Lipinski definition) is 3. The number of hydrogen-bond donors (Lipinski definition) is 1. The molecule has 100 valence electrons. The Kier molecular flexibility index (Phi) is 4.64. The summed E-state index contributed by atoms with van der Waals surface area (Å²) in [6.45, 7) is 3.44. The number of halogens is 1. The zero-order valence-corrected chi connectivity index (χ0v) is 11.5. The minimum atomic E-state index is -0.0361. The van der Waals surface area contributed by atoms with Gasteiger partial charge < -0.3 is 9.88 Å². The van der Waals surface area contributed by atoms with Crippen LogP contribution in [-0.4, -0.2) is 21.5 Å². The van der Waals surface area contributed by atoms with Gasteiger partial charge in [-0.05, 0) is 38.5 Å². The van der Waals surface area contributed by atoms with Crippen molar-refractivity contribution in [3.8, 4) is 0 Å². The maximum Gasteiger partial charge on any atom is 0.293 e.